The molecule has 0 radical (unpaired) electrons. The van der Waals surface area contributed by atoms with E-state index < -0.39 is 0 Å². The number of benzene rings is 3. The third-order valence-corrected chi connectivity index (χ3v) is 22.9. The molecule has 0 unspecified atom stereocenters. The zero-order chi connectivity index (χ0) is 34.5. The van der Waals surface area contributed by atoms with E-state index in [4.69, 9.17) is 0 Å². The highest BCUT2D eigenvalue weighted by molar-refractivity contribution is 7.60. The topological polar surface area (TPSA) is 0 Å². The van der Waals surface area contributed by atoms with E-state index >= 15 is 0 Å². The van der Waals surface area contributed by atoms with Crippen LogP contribution in [0.3, 0.4) is 0 Å². The fraction of sp³-hybridized carbons (Fsp3) is 0.625. The Bertz CT molecular complexity index is 1560. The van der Waals surface area contributed by atoms with Crippen LogP contribution in [0.25, 0.3) is 22.3 Å². The van der Waals surface area contributed by atoms with Gasteiger partial charge in [0.25, 0.3) is 0 Å². The van der Waals surface area contributed by atoms with Crippen LogP contribution in [0.5, 0.6) is 0 Å². The van der Waals surface area contributed by atoms with Crippen molar-refractivity contribution < 1.29 is 0 Å². The molecule has 0 nitrogen and oxygen atoms in total. The van der Waals surface area contributed by atoms with Crippen molar-refractivity contribution in [3.63, 3.8) is 0 Å². The molecule has 8 aliphatic rings. The highest BCUT2D eigenvalue weighted by atomic mass is 31.1. The summed E-state index contributed by atoms with van der Waals surface area (Å²) in [6, 6.07) is 28.4. The van der Waals surface area contributed by atoms with Crippen molar-refractivity contribution >= 4 is 15.8 Å². The molecular weight excluding hydrogens is 638 g/mol. The molecule has 0 aliphatic heterocycles. The number of rotatable bonds is 8. The average Bonchev–Trinajstić information content (AvgIpc) is 3.04. The highest BCUT2D eigenvalue weighted by Gasteiger charge is 2.62. The van der Waals surface area contributed by atoms with E-state index in [0.717, 1.165) is 35.5 Å². The van der Waals surface area contributed by atoms with E-state index in [2.05, 4.69) is 114 Å². The van der Waals surface area contributed by atoms with Gasteiger partial charge < -0.3 is 0 Å². The number of hydrogen-bond acceptors (Lipinski definition) is 0. The van der Waals surface area contributed by atoms with Crippen molar-refractivity contribution in [3.05, 3.63) is 83.9 Å². The van der Waals surface area contributed by atoms with Gasteiger partial charge in [0.1, 0.15) is 0 Å². The fourth-order valence-electron chi connectivity index (χ4n) is 14.1. The molecule has 2 heteroatoms. The standard InChI is InChI=1S/C48H64P2/c1-45(2,3)49(46(4,5)6)31-41-23-43(39-13-9-7-10-14-39)44(40-15-11-8-12-16-40)24-42(41)32-50(47-25-33-17-34(26-47)19-35(18-33)27-47)48-28-36-20-37(29-48)22-38(21-36)30-48/h7-16,23-24,33-38H,17-22,25-32H2,1-6H3. The van der Waals surface area contributed by atoms with Gasteiger partial charge >= 0.3 is 0 Å². The minimum Gasteiger partial charge on any atom is -0.0911 e. The lowest BCUT2D eigenvalue weighted by Crippen LogP contribution is -2.56. The summed E-state index contributed by atoms with van der Waals surface area (Å²) in [6.07, 6.45) is 21.6. The summed E-state index contributed by atoms with van der Waals surface area (Å²) in [5.74, 6) is 6.22. The maximum absolute atomic E-state index is 2.79. The molecule has 0 heterocycles. The van der Waals surface area contributed by atoms with Crippen molar-refractivity contribution in [1.82, 2.24) is 0 Å². The summed E-state index contributed by atoms with van der Waals surface area (Å²) < 4.78 is 0. The largest absolute Gasteiger partial charge is 0.0911 e. The molecule has 3 aromatic carbocycles. The van der Waals surface area contributed by atoms with Gasteiger partial charge in [-0.25, -0.2) is 0 Å². The van der Waals surface area contributed by atoms with Crippen LogP contribution in [-0.4, -0.2) is 20.6 Å². The van der Waals surface area contributed by atoms with Crippen LogP contribution in [0.2, 0.25) is 0 Å². The Labute approximate surface area is 307 Å². The first-order valence-electron chi connectivity index (χ1n) is 20.7. The molecule has 8 bridgehead atoms. The van der Waals surface area contributed by atoms with E-state index in [1.165, 1.54) is 34.6 Å². The summed E-state index contributed by atoms with van der Waals surface area (Å²) in [5, 5.41) is 1.91. The second-order valence-corrected chi connectivity index (χ2v) is 27.6. The van der Waals surface area contributed by atoms with Crippen molar-refractivity contribution in [2.45, 2.75) is 152 Å². The van der Waals surface area contributed by atoms with Gasteiger partial charge in [-0.15, -0.1) is 0 Å². The van der Waals surface area contributed by atoms with Crippen LogP contribution in [0.4, 0.5) is 0 Å². The Morgan fingerprint density at radius 2 is 0.800 bits per heavy atom. The SMILES string of the molecule is CC(C)(C)P(Cc1cc(-c2ccccc2)c(-c2ccccc2)cc1CP(C12CC3CC(CC(C3)C1)C2)C12CC3CC(CC(C3)C1)C2)C(C)(C)C. The van der Waals surface area contributed by atoms with E-state index in [9.17, 15) is 0 Å². The van der Waals surface area contributed by atoms with Crippen LogP contribution in [0.15, 0.2) is 72.8 Å². The molecule has 266 valence electrons. The molecule has 0 atom stereocenters. The lowest BCUT2D eigenvalue weighted by Gasteiger charge is -2.67. The zero-order valence-corrected chi connectivity index (χ0v) is 34.0. The predicted octanol–water partition coefficient (Wildman–Crippen LogP) is 14.5. The second-order valence-electron chi connectivity index (χ2n) is 20.7. The molecule has 8 fully saturated rings. The van der Waals surface area contributed by atoms with Crippen LogP contribution in [0, 0.1) is 35.5 Å². The number of hydrogen-bond donors (Lipinski definition) is 0. The van der Waals surface area contributed by atoms with E-state index in [0.29, 0.717) is 20.6 Å². The maximum atomic E-state index is 2.79. The Balaban J connectivity index is 1.23. The van der Waals surface area contributed by atoms with E-state index in [1.807, 2.05) is 0 Å². The van der Waals surface area contributed by atoms with Gasteiger partial charge in [0.05, 0.1) is 0 Å². The summed E-state index contributed by atoms with van der Waals surface area (Å²) in [4.78, 5) is 0. The second kappa shape index (κ2) is 12.6. The zero-order valence-electron chi connectivity index (χ0n) is 32.2. The van der Waals surface area contributed by atoms with Gasteiger partial charge in [-0.2, -0.15) is 0 Å². The molecule has 0 amide bonds. The average molecular weight is 703 g/mol. The van der Waals surface area contributed by atoms with Crippen molar-refractivity contribution in [3.8, 4) is 22.3 Å². The van der Waals surface area contributed by atoms with E-state index in [1.54, 1.807) is 88.2 Å². The molecule has 50 heavy (non-hydrogen) atoms. The van der Waals surface area contributed by atoms with Crippen LogP contribution < -0.4 is 0 Å². The first kappa shape index (κ1) is 34.3. The summed E-state index contributed by atoms with van der Waals surface area (Å²) >= 11 is 0. The molecule has 8 saturated carbocycles. The molecule has 8 aliphatic carbocycles. The van der Waals surface area contributed by atoms with E-state index in [-0.39, 0.29) is 15.8 Å². The molecule has 0 spiro atoms. The van der Waals surface area contributed by atoms with Crippen LogP contribution >= 0.6 is 15.8 Å². The van der Waals surface area contributed by atoms with Crippen molar-refractivity contribution in [2.24, 2.45) is 35.5 Å². The Morgan fingerprint density at radius 1 is 0.480 bits per heavy atom. The monoisotopic (exact) mass is 702 g/mol. The summed E-state index contributed by atoms with van der Waals surface area (Å²) in [7, 11) is -0.373. The van der Waals surface area contributed by atoms with Crippen molar-refractivity contribution in [1.29, 1.82) is 0 Å². The summed E-state index contributed by atoms with van der Waals surface area (Å²) in [6.45, 7) is 15.2. The van der Waals surface area contributed by atoms with Gasteiger partial charge in [0.15, 0.2) is 0 Å². The third kappa shape index (κ3) is 6.22. The van der Waals surface area contributed by atoms with Gasteiger partial charge in [-0.1, -0.05) is 118 Å². The summed E-state index contributed by atoms with van der Waals surface area (Å²) in [5.41, 5.74) is 9.16. The van der Waals surface area contributed by atoms with Crippen LogP contribution in [-0.2, 0) is 12.3 Å². The lowest BCUT2D eigenvalue weighted by molar-refractivity contribution is 0.0184. The maximum Gasteiger partial charge on any atom is -0.00600 e. The minimum absolute atomic E-state index is 0.121. The van der Waals surface area contributed by atoms with Gasteiger partial charge in [-0.3, -0.25) is 0 Å². The molecular formula is C48H64P2. The first-order chi connectivity index (χ1) is 23.9. The molecule has 11 rings (SSSR count). The van der Waals surface area contributed by atoms with Gasteiger partial charge in [-0.05, 0) is 191 Å². The molecule has 0 saturated heterocycles. The minimum atomic E-state index is -0.252. The molecule has 0 aromatic heterocycles. The van der Waals surface area contributed by atoms with Crippen LogP contribution in [0.1, 0.15) is 130 Å². The smallest absolute Gasteiger partial charge is 0.00600 e. The molecule has 0 N–H and O–H groups in total. The lowest BCUT2D eigenvalue weighted by atomic mass is 9.55. The first-order valence-corrected chi connectivity index (χ1v) is 23.7. The normalized spacial score (nSPS) is 34.9. The van der Waals surface area contributed by atoms with Crippen molar-refractivity contribution in [2.75, 3.05) is 0 Å². The molecule has 3 aromatic rings. The predicted molar refractivity (Wildman–Crippen MR) is 220 cm³/mol. The van der Waals surface area contributed by atoms with Gasteiger partial charge in [0.2, 0.25) is 0 Å². The third-order valence-electron chi connectivity index (χ3n) is 14.9. The quantitative estimate of drug-likeness (QED) is 0.205. The Kier molecular flexibility index (Phi) is 8.61. The fourth-order valence-corrected chi connectivity index (χ4v) is 22.9. The Morgan fingerprint density at radius 3 is 1.12 bits per heavy atom. The van der Waals surface area contributed by atoms with Gasteiger partial charge in [0, 0.05) is 0 Å². The Hall–Kier alpha value is -1.48. The highest BCUT2D eigenvalue weighted by Crippen LogP contribution is 2.80.